The monoisotopic (exact) mass is 280 g/mol. The van der Waals surface area contributed by atoms with Gasteiger partial charge < -0.3 is 23.7 Å². The molecule has 18 heavy (non-hydrogen) atoms. The third-order valence-corrected chi connectivity index (χ3v) is 3.14. The van der Waals surface area contributed by atoms with E-state index in [1.807, 2.05) is 11.8 Å². The second-order valence-corrected chi connectivity index (χ2v) is 4.90. The molecule has 5 nitrogen and oxygen atoms in total. The first kappa shape index (κ1) is 16.2. The Balaban J connectivity index is 2.00. The minimum Gasteiger partial charge on any atom is -0.378 e. The van der Waals surface area contributed by atoms with Gasteiger partial charge in [0, 0.05) is 11.5 Å². The SMILES string of the molecule is C1COCCOCCSCCOCCOCCO1. The van der Waals surface area contributed by atoms with Crippen LogP contribution in [0.3, 0.4) is 0 Å². The fraction of sp³-hybridized carbons (Fsp3) is 1.00. The summed E-state index contributed by atoms with van der Waals surface area (Å²) in [6.07, 6.45) is 0. The highest BCUT2D eigenvalue weighted by atomic mass is 32.2. The lowest BCUT2D eigenvalue weighted by Crippen LogP contribution is -2.14. The molecule has 1 aliphatic rings. The van der Waals surface area contributed by atoms with Gasteiger partial charge in [-0.05, 0) is 0 Å². The first-order valence-electron chi connectivity index (χ1n) is 6.46. The van der Waals surface area contributed by atoms with Crippen LogP contribution in [0.5, 0.6) is 0 Å². The van der Waals surface area contributed by atoms with Crippen LogP contribution in [0.1, 0.15) is 0 Å². The van der Waals surface area contributed by atoms with E-state index in [-0.39, 0.29) is 0 Å². The van der Waals surface area contributed by atoms with E-state index in [1.54, 1.807) is 0 Å². The maximum atomic E-state index is 5.43. The van der Waals surface area contributed by atoms with E-state index < -0.39 is 0 Å². The molecule has 1 rings (SSSR count). The maximum Gasteiger partial charge on any atom is 0.0701 e. The van der Waals surface area contributed by atoms with Crippen molar-refractivity contribution in [2.24, 2.45) is 0 Å². The molecule has 0 aliphatic carbocycles. The van der Waals surface area contributed by atoms with Gasteiger partial charge >= 0.3 is 0 Å². The van der Waals surface area contributed by atoms with Crippen molar-refractivity contribution in [1.29, 1.82) is 0 Å². The molecule has 1 heterocycles. The Morgan fingerprint density at radius 3 is 1.00 bits per heavy atom. The molecule has 0 atom stereocenters. The lowest BCUT2D eigenvalue weighted by molar-refractivity contribution is -0.00938. The Hall–Kier alpha value is 0.150. The normalized spacial score (nSPS) is 24.0. The van der Waals surface area contributed by atoms with Gasteiger partial charge in [0.25, 0.3) is 0 Å². The van der Waals surface area contributed by atoms with Gasteiger partial charge in [-0.2, -0.15) is 11.8 Å². The Morgan fingerprint density at radius 2 is 0.667 bits per heavy atom. The van der Waals surface area contributed by atoms with E-state index in [4.69, 9.17) is 23.7 Å². The van der Waals surface area contributed by atoms with Crippen LogP contribution in [0.25, 0.3) is 0 Å². The number of hydrogen-bond acceptors (Lipinski definition) is 6. The van der Waals surface area contributed by atoms with Crippen molar-refractivity contribution < 1.29 is 23.7 Å². The van der Waals surface area contributed by atoms with Crippen molar-refractivity contribution in [3.8, 4) is 0 Å². The summed E-state index contributed by atoms with van der Waals surface area (Å²) in [4.78, 5) is 0. The van der Waals surface area contributed by atoms with Crippen LogP contribution in [0.4, 0.5) is 0 Å². The summed E-state index contributed by atoms with van der Waals surface area (Å²) in [6.45, 7) is 6.55. The molecule has 0 amide bonds. The fourth-order valence-electron chi connectivity index (χ4n) is 1.32. The second kappa shape index (κ2) is 13.6. The van der Waals surface area contributed by atoms with Crippen molar-refractivity contribution in [1.82, 2.24) is 0 Å². The molecule has 108 valence electrons. The topological polar surface area (TPSA) is 46.2 Å². The summed E-state index contributed by atoms with van der Waals surface area (Å²) in [5.74, 6) is 2.01. The molecule has 1 fully saturated rings. The van der Waals surface area contributed by atoms with Gasteiger partial charge in [-0.15, -0.1) is 0 Å². The molecule has 0 saturated carbocycles. The Bertz CT molecular complexity index is 95.5. The molecule has 0 aromatic carbocycles. The zero-order chi connectivity index (χ0) is 12.7. The first-order valence-corrected chi connectivity index (χ1v) is 7.62. The summed E-state index contributed by atoms with van der Waals surface area (Å²) in [6, 6.07) is 0. The van der Waals surface area contributed by atoms with Crippen molar-refractivity contribution >= 4 is 11.8 Å². The molecule has 1 aliphatic heterocycles. The molecule has 0 spiro atoms. The number of thioether (sulfide) groups is 1. The van der Waals surface area contributed by atoms with E-state index in [0.717, 1.165) is 24.7 Å². The van der Waals surface area contributed by atoms with Gasteiger partial charge in [0.2, 0.25) is 0 Å². The molecule has 0 unspecified atom stereocenters. The highest BCUT2D eigenvalue weighted by Gasteiger charge is 1.95. The largest absolute Gasteiger partial charge is 0.378 e. The fourth-order valence-corrected chi connectivity index (χ4v) is 2.00. The van der Waals surface area contributed by atoms with Crippen LogP contribution in [0, 0.1) is 0 Å². The molecule has 0 aromatic heterocycles. The minimum atomic E-state index is 0.607. The van der Waals surface area contributed by atoms with Gasteiger partial charge in [0.1, 0.15) is 0 Å². The van der Waals surface area contributed by atoms with Crippen LogP contribution in [0.2, 0.25) is 0 Å². The summed E-state index contributed by atoms with van der Waals surface area (Å²) in [5.41, 5.74) is 0. The van der Waals surface area contributed by atoms with Gasteiger partial charge in [0.15, 0.2) is 0 Å². The predicted octanol–water partition coefficient (Wildman–Crippen LogP) is 0.816. The summed E-state index contributed by atoms with van der Waals surface area (Å²) in [5, 5.41) is 0. The van der Waals surface area contributed by atoms with Crippen LogP contribution in [0.15, 0.2) is 0 Å². The van der Waals surface area contributed by atoms with E-state index in [2.05, 4.69) is 0 Å². The average Bonchev–Trinajstić information content (AvgIpc) is 2.39. The lowest BCUT2D eigenvalue weighted by atomic mass is 10.7. The highest BCUT2D eigenvalue weighted by Crippen LogP contribution is 1.99. The third kappa shape index (κ3) is 11.3. The predicted molar refractivity (Wildman–Crippen MR) is 71.4 cm³/mol. The highest BCUT2D eigenvalue weighted by molar-refractivity contribution is 7.99. The molecule has 0 bridgehead atoms. The molecule has 0 N–H and O–H groups in total. The standard InChI is InChI=1S/C12H24O5S/c1-3-14-5-7-16-9-11-18-12-10-17-8-6-15-4-2-13-1/h1-12H2. The van der Waals surface area contributed by atoms with Gasteiger partial charge in [-0.1, -0.05) is 0 Å². The third-order valence-electron chi connectivity index (χ3n) is 2.23. The maximum absolute atomic E-state index is 5.43. The Kier molecular flexibility index (Phi) is 12.2. The molecular formula is C12H24O5S. The van der Waals surface area contributed by atoms with Crippen molar-refractivity contribution in [2.75, 3.05) is 77.6 Å². The molecule has 0 radical (unpaired) electrons. The van der Waals surface area contributed by atoms with Crippen molar-refractivity contribution in [3.63, 3.8) is 0 Å². The first-order chi connectivity index (χ1) is 9.00. The van der Waals surface area contributed by atoms with E-state index in [0.29, 0.717) is 52.9 Å². The van der Waals surface area contributed by atoms with Gasteiger partial charge in [-0.25, -0.2) is 0 Å². The number of hydrogen-bond donors (Lipinski definition) is 0. The minimum absolute atomic E-state index is 0.607. The van der Waals surface area contributed by atoms with Crippen LogP contribution in [-0.4, -0.2) is 77.6 Å². The van der Waals surface area contributed by atoms with Crippen LogP contribution >= 0.6 is 11.8 Å². The zero-order valence-electron chi connectivity index (χ0n) is 10.9. The number of rotatable bonds is 0. The van der Waals surface area contributed by atoms with Crippen molar-refractivity contribution in [2.45, 2.75) is 0 Å². The van der Waals surface area contributed by atoms with Crippen LogP contribution < -0.4 is 0 Å². The Labute approximate surface area is 113 Å². The van der Waals surface area contributed by atoms with Gasteiger partial charge in [0.05, 0.1) is 66.1 Å². The molecule has 1 saturated heterocycles. The summed E-state index contributed by atoms with van der Waals surface area (Å²) < 4.78 is 26.9. The smallest absolute Gasteiger partial charge is 0.0701 e. The van der Waals surface area contributed by atoms with Gasteiger partial charge in [-0.3, -0.25) is 0 Å². The summed E-state index contributed by atoms with van der Waals surface area (Å²) in [7, 11) is 0. The number of ether oxygens (including phenoxy) is 5. The molecule has 6 heteroatoms. The van der Waals surface area contributed by atoms with E-state index >= 15 is 0 Å². The molecule has 0 aromatic rings. The van der Waals surface area contributed by atoms with Crippen LogP contribution in [-0.2, 0) is 23.7 Å². The average molecular weight is 280 g/mol. The quantitative estimate of drug-likeness (QED) is 0.654. The summed E-state index contributed by atoms with van der Waals surface area (Å²) >= 11 is 1.84. The molecular weight excluding hydrogens is 256 g/mol. The van der Waals surface area contributed by atoms with E-state index in [9.17, 15) is 0 Å². The Morgan fingerprint density at radius 1 is 0.389 bits per heavy atom. The van der Waals surface area contributed by atoms with E-state index in [1.165, 1.54) is 0 Å². The zero-order valence-corrected chi connectivity index (χ0v) is 11.8. The second-order valence-electron chi connectivity index (χ2n) is 3.67. The lowest BCUT2D eigenvalue weighted by Gasteiger charge is -2.09. The van der Waals surface area contributed by atoms with Crippen molar-refractivity contribution in [3.05, 3.63) is 0 Å².